The second kappa shape index (κ2) is 9.07. The van der Waals surface area contributed by atoms with Crippen molar-refractivity contribution in [3.05, 3.63) is 29.8 Å². The van der Waals surface area contributed by atoms with Crippen LogP contribution in [0.25, 0.3) is 0 Å². The molecule has 0 amide bonds. The zero-order valence-corrected chi connectivity index (χ0v) is 14.8. The number of anilines is 2. The van der Waals surface area contributed by atoms with Crippen molar-refractivity contribution in [2.24, 2.45) is 0 Å². The Kier molecular flexibility index (Phi) is 6.80. The Morgan fingerprint density at radius 2 is 1.62 bits per heavy atom. The molecule has 0 aliphatic rings. The number of carbonyl (C=O) groups excluding carboxylic acids is 1. The lowest BCUT2D eigenvalue weighted by Crippen LogP contribution is -2.10. The molecule has 0 unspecified atom stereocenters. The van der Waals surface area contributed by atoms with E-state index in [9.17, 15) is 4.79 Å². The number of ketones is 1. The first-order valence-corrected chi connectivity index (χ1v) is 8.68. The molecule has 1 heterocycles. The number of nitrogens with zero attached hydrogens (tertiary/aromatic N) is 3. The molecule has 0 saturated carbocycles. The third kappa shape index (κ3) is 5.09. The van der Waals surface area contributed by atoms with Crippen molar-refractivity contribution < 1.29 is 9.53 Å². The maximum Gasteiger partial charge on any atom is 0.228 e. The van der Waals surface area contributed by atoms with Gasteiger partial charge in [0.25, 0.3) is 0 Å². The lowest BCUT2D eigenvalue weighted by molar-refractivity contribution is 0.102. The highest BCUT2D eigenvalue weighted by molar-refractivity contribution is 7.99. The Morgan fingerprint density at radius 3 is 2.12 bits per heavy atom. The number of rotatable bonds is 9. The number of carbonyl (C=O) groups is 1. The van der Waals surface area contributed by atoms with E-state index in [1.165, 1.54) is 11.8 Å². The smallest absolute Gasteiger partial charge is 0.228 e. The fourth-order valence-electron chi connectivity index (χ4n) is 1.89. The zero-order chi connectivity index (χ0) is 17.4. The van der Waals surface area contributed by atoms with Gasteiger partial charge in [-0.25, -0.2) is 0 Å². The van der Waals surface area contributed by atoms with Crippen LogP contribution in [-0.4, -0.2) is 46.7 Å². The van der Waals surface area contributed by atoms with Gasteiger partial charge in [0, 0.05) is 18.7 Å². The lowest BCUT2D eigenvalue weighted by atomic mass is 10.1. The first-order valence-electron chi connectivity index (χ1n) is 7.70. The molecule has 8 heteroatoms. The van der Waals surface area contributed by atoms with Crippen molar-refractivity contribution in [1.29, 1.82) is 0 Å². The fraction of sp³-hybridized carbons (Fsp3) is 0.375. The predicted octanol–water partition coefficient (Wildman–Crippen LogP) is 2.72. The minimum Gasteiger partial charge on any atom is -0.497 e. The van der Waals surface area contributed by atoms with Gasteiger partial charge in [0.05, 0.1) is 12.9 Å². The van der Waals surface area contributed by atoms with Gasteiger partial charge in [-0.15, -0.1) is 0 Å². The standard InChI is InChI=1S/C16H21N5O2S/c1-4-17-14-19-15(18-5-2)21-16(20-14)24-10-13(22)11-6-8-12(23-3)9-7-11/h6-9H,4-5,10H2,1-3H3,(H2,17,18,19,20,21). The van der Waals surface area contributed by atoms with Crippen molar-refractivity contribution >= 4 is 29.4 Å². The van der Waals surface area contributed by atoms with Crippen molar-refractivity contribution in [1.82, 2.24) is 15.0 Å². The first kappa shape index (κ1) is 18.0. The number of hydrogen-bond donors (Lipinski definition) is 2. The van der Waals surface area contributed by atoms with Crippen LogP contribution in [0.1, 0.15) is 24.2 Å². The summed E-state index contributed by atoms with van der Waals surface area (Å²) < 4.78 is 5.09. The Hall–Kier alpha value is -2.35. The molecule has 0 aliphatic carbocycles. The molecule has 0 saturated heterocycles. The monoisotopic (exact) mass is 347 g/mol. The van der Waals surface area contributed by atoms with Gasteiger partial charge in [-0.1, -0.05) is 11.8 Å². The normalized spacial score (nSPS) is 10.3. The van der Waals surface area contributed by atoms with Crippen molar-refractivity contribution in [2.45, 2.75) is 19.0 Å². The molecule has 0 fully saturated rings. The highest BCUT2D eigenvalue weighted by atomic mass is 32.2. The zero-order valence-electron chi connectivity index (χ0n) is 14.0. The number of aromatic nitrogens is 3. The third-order valence-electron chi connectivity index (χ3n) is 3.03. The van der Waals surface area contributed by atoms with Crippen LogP contribution in [0.4, 0.5) is 11.9 Å². The van der Waals surface area contributed by atoms with Gasteiger partial charge in [-0.05, 0) is 38.1 Å². The van der Waals surface area contributed by atoms with Crippen LogP contribution >= 0.6 is 11.8 Å². The summed E-state index contributed by atoms with van der Waals surface area (Å²) in [6, 6.07) is 7.05. The molecule has 0 atom stereocenters. The van der Waals surface area contributed by atoms with Crippen molar-refractivity contribution in [2.75, 3.05) is 36.6 Å². The molecule has 0 radical (unpaired) electrons. The Bertz CT molecular complexity index is 654. The van der Waals surface area contributed by atoms with Gasteiger partial charge >= 0.3 is 0 Å². The van der Waals surface area contributed by atoms with Crippen molar-refractivity contribution in [3.63, 3.8) is 0 Å². The molecule has 0 aliphatic heterocycles. The maximum absolute atomic E-state index is 12.3. The minimum atomic E-state index is 0.0121. The van der Waals surface area contributed by atoms with Crippen LogP contribution in [0.2, 0.25) is 0 Å². The fourth-order valence-corrected chi connectivity index (χ4v) is 2.61. The van der Waals surface area contributed by atoms with Crippen LogP contribution in [-0.2, 0) is 0 Å². The van der Waals surface area contributed by atoms with E-state index in [-0.39, 0.29) is 11.5 Å². The number of hydrogen-bond acceptors (Lipinski definition) is 8. The highest BCUT2D eigenvalue weighted by Crippen LogP contribution is 2.19. The number of benzene rings is 1. The molecule has 2 N–H and O–H groups in total. The molecule has 1 aromatic heterocycles. The van der Waals surface area contributed by atoms with Crippen LogP contribution in [0.3, 0.4) is 0 Å². The van der Waals surface area contributed by atoms with Gasteiger partial charge in [-0.2, -0.15) is 15.0 Å². The summed E-state index contributed by atoms with van der Waals surface area (Å²) in [5.41, 5.74) is 0.635. The lowest BCUT2D eigenvalue weighted by Gasteiger charge is -2.08. The molecule has 2 rings (SSSR count). The number of thioether (sulfide) groups is 1. The second-order valence-electron chi connectivity index (χ2n) is 4.77. The van der Waals surface area contributed by atoms with Crippen LogP contribution in [0.5, 0.6) is 5.75 Å². The van der Waals surface area contributed by atoms with Crippen LogP contribution in [0, 0.1) is 0 Å². The van der Waals surface area contributed by atoms with Gasteiger partial charge in [0.2, 0.25) is 11.9 Å². The molecular formula is C16H21N5O2S. The minimum absolute atomic E-state index is 0.0121. The van der Waals surface area contributed by atoms with E-state index in [2.05, 4.69) is 25.6 Å². The van der Waals surface area contributed by atoms with E-state index in [0.717, 1.165) is 5.75 Å². The van der Waals surface area contributed by atoms with Crippen LogP contribution in [0.15, 0.2) is 29.4 Å². The van der Waals surface area contributed by atoms with Gasteiger partial charge in [0.15, 0.2) is 10.9 Å². The molecule has 24 heavy (non-hydrogen) atoms. The third-order valence-corrected chi connectivity index (χ3v) is 3.88. The topological polar surface area (TPSA) is 89.0 Å². The van der Waals surface area contributed by atoms with E-state index < -0.39 is 0 Å². The average Bonchev–Trinajstić information content (AvgIpc) is 2.60. The maximum atomic E-state index is 12.3. The summed E-state index contributed by atoms with van der Waals surface area (Å²) in [5.74, 6) is 2.00. The Balaban J connectivity index is 2.04. The van der Waals surface area contributed by atoms with E-state index in [4.69, 9.17) is 4.74 Å². The van der Waals surface area contributed by atoms with Gasteiger partial charge in [0.1, 0.15) is 5.75 Å². The quantitative estimate of drug-likeness (QED) is 0.529. The molecule has 0 bridgehead atoms. The number of Topliss-reactive ketones (excluding diaryl/α,β-unsaturated/α-hetero) is 1. The average molecular weight is 347 g/mol. The largest absolute Gasteiger partial charge is 0.497 e. The summed E-state index contributed by atoms with van der Waals surface area (Å²) >= 11 is 1.29. The highest BCUT2D eigenvalue weighted by Gasteiger charge is 2.11. The summed E-state index contributed by atoms with van der Waals surface area (Å²) in [6.45, 7) is 5.36. The SMILES string of the molecule is CCNc1nc(NCC)nc(SCC(=O)c2ccc(OC)cc2)n1. The summed E-state index contributed by atoms with van der Waals surface area (Å²) in [4.78, 5) is 25.2. The summed E-state index contributed by atoms with van der Waals surface area (Å²) in [7, 11) is 1.59. The Morgan fingerprint density at radius 1 is 1.04 bits per heavy atom. The molecule has 2 aromatic rings. The van der Waals surface area contributed by atoms with E-state index in [1.807, 2.05) is 13.8 Å². The predicted molar refractivity (Wildman–Crippen MR) is 96.2 cm³/mol. The van der Waals surface area contributed by atoms with Crippen molar-refractivity contribution in [3.8, 4) is 5.75 Å². The molecule has 128 valence electrons. The molecule has 1 aromatic carbocycles. The first-order chi connectivity index (χ1) is 11.7. The van der Waals surface area contributed by atoms with E-state index in [0.29, 0.717) is 35.7 Å². The number of nitrogens with one attached hydrogen (secondary N) is 2. The Labute approximate surface area is 145 Å². The molecule has 7 nitrogen and oxygen atoms in total. The van der Waals surface area contributed by atoms with Gasteiger partial charge < -0.3 is 15.4 Å². The van der Waals surface area contributed by atoms with E-state index >= 15 is 0 Å². The molecule has 0 spiro atoms. The second-order valence-corrected chi connectivity index (χ2v) is 5.71. The number of ether oxygens (including phenoxy) is 1. The van der Waals surface area contributed by atoms with E-state index in [1.54, 1.807) is 31.4 Å². The summed E-state index contributed by atoms with van der Waals surface area (Å²) in [5, 5.41) is 6.64. The number of methoxy groups -OCH3 is 1. The molecular weight excluding hydrogens is 326 g/mol. The van der Waals surface area contributed by atoms with Gasteiger partial charge in [-0.3, -0.25) is 4.79 Å². The summed E-state index contributed by atoms with van der Waals surface area (Å²) in [6.07, 6.45) is 0. The van der Waals surface area contributed by atoms with Crippen LogP contribution < -0.4 is 15.4 Å².